The first-order valence-electron chi connectivity index (χ1n) is 30.7. The fraction of sp³-hybridized carbons (Fsp3) is 0.719. The summed E-state index contributed by atoms with van der Waals surface area (Å²) in [5.41, 5.74) is 6.51. The van der Waals surface area contributed by atoms with E-state index >= 15 is 0 Å². The number of hydrogen-bond donors (Lipinski definition) is 31. The van der Waals surface area contributed by atoms with Gasteiger partial charge in [-0.05, 0) is 17.7 Å². The van der Waals surface area contributed by atoms with E-state index in [1.807, 2.05) is 22.9 Å². The van der Waals surface area contributed by atoms with Gasteiger partial charge in [0.15, 0.2) is 18.9 Å². The van der Waals surface area contributed by atoms with E-state index in [0.717, 1.165) is 5.56 Å². The van der Waals surface area contributed by atoms with Crippen molar-refractivity contribution in [3.8, 4) is 0 Å². The predicted molar refractivity (Wildman–Crippen MR) is 327 cm³/mol. The van der Waals surface area contributed by atoms with Gasteiger partial charge in [-0.1, -0.05) is 42.5 Å². The predicted octanol–water partition coefficient (Wildman–Crippen LogP) is -17.8. The van der Waals surface area contributed by atoms with Gasteiger partial charge >= 0.3 is 11.9 Å². The molecule has 6 aliphatic heterocycles. The Bertz CT molecular complexity index is 2960. The highest BCUT2D eigenvalue weighted by Crippen LogP contribution is 2.37. The molecule has 46 heteroatoms. The van der Waals surface area contributed by atoms with Crippen molar-refractivity contribution in [2.45, 2.75) is 195 Å². The summed E-state index contributed by atoms with van der Waals surface area (Å²) < 4.78 is 64.1. The summed E-state index contributed by atoms with van der Waals surface area (Å²) in [6.07, 6.45) is -38.9. The van der Waals surface area contributed by atoms with Crippen LogP contribution in [0.15, 0.2) is 59.5 Å². The van der Waals surface area contributed by atoms with E-state index in [9.17, 15) is 99.1 Å². The van der Waals surface area contributed by atoms with Gasteiger partial charge in [-0.25, -0.2) is 17.9 Å². The summed E-state index contributed by atoms with van der Waals surface area (Å²) >= 11 is 0. The van der Waals surface area contributed by atoms with Gasteiger partial charge in [-0.3, -0.25) is 14.4 Å². The van der Waals surface area contributed by atoms with Crippen molar-refractivity contribution in [2.24, 2.45) is 5.73 Å². The zero-order valence-corrected chi connectivity index (χ0v) is 55.1. The van der Waals surface area contributed by atoms with Crippen molar-refractivity contribution in [3.05, 3.63) is 65.7 Å². The van der Waals surface area contributed by atoms with Crippen LogP contribution >= 0.6 is 0 Å². The maximum Gasteiger partial charge on any atom is 0.328 e. The van der Waals surface area contributed by atoms with E-state index in [0.29, 0.717) is 0 Å². The van der Waals surface area contributed by atoms with Gasteiger partial charge < -0.3 is 192 Å². The fourth-order valence-corrected chi connectivity index (χ4v) is 11.1. The second kappa shape index (κ2) is 42.4. The van der Waals surface area contributed by atoms with Crippen molar-refractivity contribution in [1.29, 1.82) is 0 Å². The van der Waals surface area contributed by atoms with Crippen LogP contribution in [0.25, 0.3) is 0 Å². The molecule has 0 radical (unpaired) electrons. The number of methoxy groups -OCH3 is 1. The van der Waals surface area contributed by atoms with Crippen LogP contribution in [0, 0.1) is 0 Å². The van der Waals surface area contributed by atoms with Crippen LogP contribution in [0.5, 0.6) is 0 Å². The molecule has 45 nitrogen and oxygen atoms in total. The topological polar surface area (TPSA) is 793 Å². The number of sulfonamides is 1. The first kappa shape index (κ1) is 92.1. The molecule has 5 fully saturated rings. The second-order valence-corrected chi connectivity index (χ2v) is 24.9. The summed E-state index contributed by atoms with van der Waals surface area (Å²) in [6, 6.07) is 13.0. The second-order valence-electron chi connectivity index (χ2n) is 23.3. The largest absolute Gasteiger partial charge is 0.481 e. The van der Waals surface area contributed by atoms with Gasteiger partial charge in [-0.2, -0.15) is 0 Å². The third-order valence-corrected chi connectivity index (χ3v) is 17.3. The molecule has 32 N–H and O–H groups in total. The van der Waals surface area contributed by atoms with Crippen LogP contribution in [0.3, 0.4) is 0 Å². The number of fused-ring (bicyclic) bond motifs is 1. The Kier molecular flexibility index (Phi) is 37.9. The van der Waals surface area contributed by atoms with Crippen LogP contribution in [0.1, 0.15) is 22.3 Å². The number of benzene rings is 2. The molecule has 0 saturated carbocycles. The quantitative estimate of drug-likeness (QED) is 0.0459. The number of esters is 1. The molecule has 0 spiro atoms. The van der Waals surface area contributed by atoms with Crippen LogP contribution in [0.2, 0.25) is 0 Å². The molecule has 2 aromatic carbocycles. The molecule has 0 unspecified atom stereocenters. The molecule has 0 aliphatic carbocycles. The number of hydrogen-bond acceptors (Lipinski definition) is 42. The highest BCUT2D eigenvalue weighted by atomic mass is 32.2. The molecule has 6 aliphatic rings. The molecule has 0 bridgehead atoms. The molecular formula is C57H93N3O42S. The third kappa shape index (κ3) is 24.2. The molecule has 8 rings (SSSR count). The van der Waals surface area contributed by atoms with E-state index in [4.69, 9.17) is 106 Å². The number of carbonyl (C=O) groups excluding carboxylic acids is 3. The van der Waals surface area contributed by atoms with Gasteiger partial charge in [0, 0.05) is 6.42 Å². The lowest BCUT2D eigenvalue weighted by Crippen LogP contribution is -2.64. The van der Waals surface area contributed by atoms with Crippen molar-refractivity contribution >= 4 is 33.8 Å². The number of nitrogens with two attached hydrogens (primary N) is 1. The number of aliphatic hydroxyl groups is 27. The Labute approximate surface area is 583 Å². The van der Waals surface area contributed by atoms with Crippen molar-refractivity contribution in [1.82, 2.24) is 10.0 Å². The molecule has 29 atom stereocenters. The van der Waals surface area contributed by atoms with Crippen LogP contribution in [0.4, 0.5) is 0 Å². The standard InChI is InChI=1S/C14H18N2O5.2C12H22O11.C7H5NO3S.C6H12O6.C6H14O6/c1-21-14(20)11(7-9-5-3-2-4-6-9)16-13(19)10(15)8-12(17)18;13-1-4-6(16)8(18)9(19)11(21-4)23-12(3-15)10(20)7(17)5(2-14)22-12;13-1-3-5(15)6(16)9(19)12(22-3)23-10-4(2-14)21-11(20)8(18)7(10)17;9-7-5-3-1-2-4-6(5)12(10,11)8-7;7-1-3-4(9)5(10)6(11,2-8)12-3;7-1-3(9)5(11)6(12)4(10)2-8/h2-6,10-11H,7-8,15H2,1H3,(H,16,19)(H,17,18);4-11,13-20H,1-3H2;3-20H,1-2H2;1-4H,(H,8,9);3-5,7-11H,1-2H2;3-12H,1-2H2/t10-,11-;4-,5-,6-,7-,8+,9-,10+,11-,12+;3-,4-,5+,6+,7-,8-,9-,10-,11-,12+;;3-,4-,5+,6-;3-,4+,5-,6-/m011.11/s1. The van der Waals surface area contributed by atoms with Gasteiger partial charge in [-0.15, -0.1) is 0 Å². The molecule has 2 aromatic rings. The number of ether oxygens (including phenoxy) is 8. The van der Waals surface area contributed by atoms with E-state index in [1.54, 1.807) is 24.3 Å². The summed E-state index contributed by atoms with van der Waals surface area (Å²) in [6.45, 7) is -6.48. The summed E-state index contributed by atoms with van der Waals surface area (Å²) in [4.78, 5) is 45.1. The van der Waals surface area contributed by atoms with Gasteiger partial charge in [0.05, 0.1) is 78.0 Å². The highest BCUT2D eigenvalue weighted by Gasteiger charge is 2.59. The lowest BCUT2D eigenvalue weighted by Gasteiger charge is -2.45. The number of aliphatic carboxylic acids is 1. The first-order valence-corrected chi connectivity index (χ1v) is 32.2. The Morgan fingerprint density at radius 2 is 1.06 bits per heavy atom. The highest BCUT2D eigenvalue weighted by molar-refractivity contribution is 7.90. The zero-order chi connectivity index (χ0) is 78.3. The molecule has 6 heterocycles. The average molecular weight is 1520 g/mol. The van der Waals surface area contributed by atoms with E-state index in [-0.39, 0.29) is 16.9 Å². The number of nitrogens with one attached hydrogen (secondary N) is 2. The number of aliphatic hydroxyl groups excluding tert-OH is 26. The van der Waals surface area contributed by atoms with Crippen LogP contribution in [-0.2, 0) is 68.7 Å². The smallest absolute Gasteiger partial charge is 0.328 e. The number of carboxylic acid groups (broad SMARTS) is 1. The van der Waals surface area contributed by atoms with E-state index in [1.165, 1.54) is 19.2 Å². The van der Waals surface area contributed by atoms with E-state index in [2.05, 4.69) is 14.8 Å². The molecule has 5 saturated heterocycles. The van der Waals surface area contributed by atoms with Gasteiger partial charge in [0.25, 0.3) is 15.9 Å². The van der Waals surface area contributed by atoms with Crippen LogP contribution in [-0.4, -0.2) is 419 Å². The minimum Gasteiger partial charge on any atom is -0.481 e. The van der Waals surface area contributed by atoms with E-state index < -0.39 is 276 Å². The molecule has 2 amide bonds. The monoisotopic (exact) mass is 1520 g/mol. The summed E-state index contributed by atoms with van der Waals surface area (Å²) in [7, 11) is -2.34. The van der Waals surface area contributed by atoms with Crippen molar-refractivity contribution < 1.29 is 208 Å². The van der Waals surface area contributed by atoms with Gasteiger partial charge in [0.1, 0.15) is 152 Å². The molecular weight excluding hydrogens is 1430 g/mol. The van der Waals surface area contributed by atoms with Crippen molar-refractivity contribution in [3.63, 3.8) is 0 Å². The Balaban J connectivity index is 0.000000329. The average Bonchev–Trinajstić information content (AvgIpc) is 1.71. The minimum absolute atomic E-state index is 0.0648. The number of carboxylic acids is 1. The first-order chi connectivity index (χ1) is 48.3. The fourth-order valence-electron chi connectivity index (χ4n) is 9.89. The normalized spacial score (nSPS) is 35.9. The maximum atomic E-state index is 11.8. The maximum absolute atomic E-state index is 11.8. The summed E-state index contributed by atoms with van der Waals surface area (Å²) in [5.74, 6) is -7.44. The van der Waals surface area contributed by atoms with Crippen LogP contribution < -0.4 is 15.8 Å². The number of amides is 2. The Morgan fingerprint density at radius 3 is 1.50 bits per heavy atom. The molecule has 0 aromatic heterocycles. The lowest BCUT2D eigenvalue weighted by molar-refractivity contribution is -0.383. The number of carbonyl (C=O) groups is 4. The van der Waals surface area contributed by atoms with Gasteiger partial charge in [0.2, 0.25) is 17.5 Å². The zero-order valence-electron chi connectivity index (χ0n) is 54.3. The minimum atomic E-state index is -3.55. The summed E-state index contributed by atoms with van der Waals surface area (Å²) in [5, 5.41) is 261. The number of rotatable bonds is 23. The SMILES string of the molecule is COC(=O)[C@H](Cc1ccccc1)NC(=O)[C@@H](N)CC(=O)O.O=C1NS(=O)(=O)c2ccccc21.OC[C@@H](O)[C@@H](O)[C@H](O)[C@@H](O)CO.OC[C@H]1O[C@@H](O[C@H]2[C@H](O)[C@@H](O)[C@H](O)O[C@@H]2CO)[C@H](O)[C@@H](O)[C@H]1O.OC[C@H]1O[C@@](CO)(O[C@H]2O[C@H](CO)[C@@H](O)[C@H](O)[C@H]2O)[C@@H](O)[C@@H]1O.OC[C@H]1O[C@](O)(CO)[C@@H](O)[C@@H]1O. The third-order valence-electron chi connectivity index (χ3n) is 16.0. The lowest BCUT2D eigenvalue weighted by atomic mass is 9.97. The molecule has 103 heavy (non-hydrogen) atoms. The Morgan fingerprint density at radius 1 is 0.583 bits per heavy atom. The Hall–Kier alpha value is -5.13. The van der Waals surface area contributed by atoms with Crippen molar-refractivity contribution in [2.75, 3.05) is 66.6 Å². The molecule has 594 valence electrons.